The number of aromatic nitrogens is 1. The monoisotopic (exact) mass is 348 g/mol. The second kappa shape index (κ2) is 6.18. The zero-order chi connectivity index (χ0) is 17.4. The minimum absolute atomic E-state index is 0.139. The smallest absolute Gasteiger partial charge is 0.268 e. The van der Waals surface area contributed by atoms with Gasteiger partial charge in [-0.15, -0.1) is 11.3 Å². The van der Waals surface area contributed by atoms with Crippen LogP contribution in [0.3, 0.4) is 0 Å². The lowest BCUT2D eigenvalue weighted by molar-refractivity contribution is 0.0935. The molecule has 2 aromatic carbocycles. The number of rotatable bonds is 3. The van der Waals surface area contributed by atoms with Gasteiger partial charge in [0.15, 0.2) is 5.43 Å². The zero-order valence-corrected chi connectivity index (χ0v) is 14.4. The second-order valence-corrected chi connectivity index (χ2v) is 7.09. The van der Waals surface area contributed by atoms with Crippen LogP contribution >= 0.6 is 11.3 Å². The SMILES string of the molecule is CC(NC(=O)c1cc(=O)c2ccccc2[nH]1)c1cc2ccccc2s1. The molecule has 2 heterocycles. The van der Waals surface area contributed by atoms with E-state index in [1.807, 2.05) is 25.1 Å². The van der Waals surface area contributed by atoms with Gasteiger partial charge in [-0.1, -0.05) is 30.3 Å². The average molecular weight is 348 g/mol. The minimum Gasteiger partial charge on any atom is -0.350 e. The number of H-pyrrole nitrogens is 1. The fourth-order valence-corrected chi connectivity index (χ4v) is 3.95. The number of carbonyl (C=O) groups excluding carboxylic acids is 1. The molecule has 0 fully saturated rings. The number of hydrogen-bond acceptors (Lipinski definition) is 3. The summed E-state index contributed by atoms with van der Waals surface area (Å²) in [5.74, 6) is -0.284. The lowest BCUT2D eigenvalue weighted by Crippen LogP contribution is -2.28. The second-order valence-electron chi connectivity index (χ2n) is 5.97. The van der Waals surface area contributed by atoms with Crippen LogP contribution in [0.1, 0.15) is 28.3 Å². The molecule has 25 heavy (non-hydrogen) atoms. The average Bonchev–Trinajstić information content (AvgIpc) is 3.06. The molecule has 0 aliphatic carbocycles. The lowest BCUT2D eigenvalue weighted by atomic mass is 10.2. The summed E-state index contributed by atoms with van der Waals surface area (Å²) in [7, 11) is 0. The van der Waals surface area contributed by atoms with Gasteiger partial charge >= 0.3 is 0 Å². The molecule has 1 unspecified atom stereocenters. The summed E-state index contributed by atoms with van der Waals surface area (Å²) in [6, 6.07) is 18.6. The van der Waals surface area contributed by atoms with E-state index in [1.165, 1.54) is 16.2 Å². The molecule has 0 aliphatic heterocycles. The number of hydrogen-bond donors (Lipinski definition) is 2. The molecular formula is C20H16N2O2S. The highest BCUT2D eigenvalue weighted by Gasteiger charge is 2.15. The first-order chi connectivity index (χ1) is 12.1. The first kappa shape index (κ1) is 15.6. The zero-order valence-electron chi connectivity index (χ0n) is 13.6. The van der Waals surface area contributed by atoms with Crippen LogP contribution in [0, 0.1) is 0 Å². The number of amides is 1. The highest BCUT2D eigenvalue weighted by molar-refractivity contribution is 7.19. The van der Waals surface area contributed by atoms with Crippen LogP contribution in [0.4, 0.5) is 0 Å². The van der Waals surface area contributed by atoms with Crippen molar-refractivity contribution in [1.29, 1.82) is 0 Å². The maximum atomic E-state index is 12.6. The number of nitrogens with one attached hydrogen (secondary N) is 2. The van der Waals surface area contributed by atoms with Crippen LogP contribution in [0.15, 0.2) is 65.5 Å². The van der Waals surface area contributed by atoms with Crippen molar-refractivity contribution in [2.75, 3.05) is 0 Å². The Kier molecular flexibility index (Phi) is 3.86. The van der Waals surface area contributed by atoms with Crippen molar-refractivity contribution in [2.24, 2.45) is 0 Å². The molecular weight excluding hydrogens is 332 g/mol. The third kappa shape index (κ3) is 2.94. The van der Waals surface area contributed by atoms with Gasteiger partial charge in [0.05, 0.1) is 6.04 Å². The summed E-state index contributed by atoms with van der Waals surface area (Å²) < 4.78 is 1.19. The van der Waals surface area contributed by atoms with E-state index in [0.29, 0.717) is 10.9 Å². The molecule has 0 saturated carbocycles. The molecule has 4 rings (SSSR count). The molecule has 0 spiro atoms. The van der Waals surface area contributed by atoms with Gasteiger partial charge in [-0.05, 0) is 36.6 Å². The molecule has 0 bridgehead atoms. The number of aromatic amines is 1. The molecule has 0 aliphatic rings. The Morgan fingerprint density at radius 1 is 1.08 bits per heavy atom. The van der Waals surface area contributed by atoms with Crippen molar-refractivity contribution in [1.82, 2.24) is 10.3 Å². The van der Waals surface area contributed by atoms with Crippen LogP contribution in [-0.2, 0) is 0 Å². The topological polar surface area (TPSA) is 62.0 Å². The van der Waals surface area contributed by atoms with Crippen LogP contribution < -0.4 is 10.7 Å². The van der Waals surface area contributed by atoms with Crippen molar-refractivity contribution in [2.45, 2.75) is 13.0 Å². The van der Waals surface area contributed by atoms with E-state index in [4.69, 9.17) is 0 Å². The molecule has 0 radical (unpaired) electrons. The van der Waals surface area contributed by atoms with Crippen molar-refractivity contribution < 1.29 is 4.79 Å². The van der Waals surface area contributed by atoms with Crippen LogP contribution in [0.5, 0.6) is 0 Å². The highest BCUT2D eigenvalue weighted by atomic mass is 32.1. The van der Waals surface area contributed by atoms with Crippen LogP contribution in [-0.4, -0.2) is 10.9 Å². The molecule has 5 heteroatoms. The normalized spacial score (nSPS) is 12.4. The number of fused-ring (bicyclic) bond motifs is 2. The Hall–Kier alpha value is -2.92. The van der Waals surface area contributed by atoms with E-state index in [0.717, 1.165) is 4.88 Å². The number of thiophene rings is 1. The maximum absolute atomic E-state index is 12.6. The van der Waals surface area contributed by atoms with E-state index in [1.54, 1.807) is 29.5 Å². The van der Waals surface area contributed by atoms with E-state index < -0.39 is 0 Å². The minimum atomic E-state index is -0.284. The largest absolute Gasteiger partial charge is 0.350 e. The van der Waals surface area contributed by atoms with E-state index >= 15 is 0 Å². The first-order valence-electron chi connectivity index (χ1n) is 8.03. The van der Waals surface area contributed by atoms with Crippen molar-refractivity contribution in [3.05, 3.63) is 81.5 Å². The maximum Gasteiger partial charge on any atom is 0.268 e. The number of pyridine rings is 1. The fourth-order valence-electron chi connectivity index (χ4n) is 2.88. The Balaban J connectivity index is 1.62. The molecule has 1 atom stereocenters. The van der Waals surface area contributed by atoms with Gasteiger partial charge in [0, 0.05) is 26.5 Å². The number of para-hydroxylation sites is 1. The Morgan fingerprint density at radius 2 is 1.84 bits per heavy atom. The Bertz CT molecular complexity index is 1110. The molecule has 4 nitrogen and oxygen atoms in total. The first-order valence-corrected chi connectivity index (χ1v) is 8.85. The number of benzene rings is 2. The molecule has 124 valence electrons. The van der Waals surface area contributed by atoms with E-state index in [2.05, 4.69) is 28.5 Å². The van der Waals surface area contributed by atoms with E-state index in [9.17, 15) is 9.59 Å². The summed E-state index contributed by atoms with van der Waals surface area (Å²) in [5, 5.41) is 4.72. The van der Waals surface area contributed by atoms with Crippen LogP contribution in [0.2, 0.25) is 0 Å². The van der Waals surface area contributed by atoms with Crippen molar-refractivity contribution in [3.8, 4) is 0 Å². The molecule has 2 aromatic heterocycles. The van der Waals surface area contributed by atoms with Gasteiger partial charge in [-0.3, -0.25) is 9.59 Å². The summed E-state index contributed by atoms with van der Waals surface area (Å²) in [4.78, 5) is 28.9. The summed E-state index contributed by atoms with van der Waals surface area (Å²) in [6.07, 6.45) is 0. The molecule has 4 aromatic rings. The third-order valence-electron chi connectivity index (χ3n) is 4.20. The van der Waals surface area contributed by atoms with Gasteiger partial charge in [-0.25, -0.2) is 0 Å². The van der Waals surface area contributed by atoms with Gasteiger partial charge in [0.1, 0.15) is 5.69 Å². The lowest BCUT2D eigenvalue weighted by Gasteiger charge is -2.12. The van der Waals surface area contributed by atoms with Gasteiger partial charge < -0.3 is 10.3 Å². The summed E-state index contributed by atoms with van der Waals surface area (Å²) in [6.45, 7) is 1.95. The number of carbonyl (C=O) groups is 1. The summed E-state index contributed by atoms with van der Waals surface area (Å²) >= 11 is 1.66. The standard InChI is InChI=1S/C20H16N2O2S/c1-12(19-10-13-6-2-5-9-18(13)25-19)21-20(24)16-11-17(23)14-7-3-4-8-15(14)22-16/h2-12H,1H3,(H,21,24)(H,22,23). The predicted molar refractivity (Wildman–Crippen MR) is 102 cm³/mol. The van der Waals surface area contributed by atoms with E-state index in [-0.39, 0.29) is 23.1 Å². The Morgan fingerprint density at radius 3 is 2.68 bits per heavy atom. The predicted octanol–water partition coefficient (Wildman–Crippen LogP) is 4.23. The van der Waals surface area contributed by atoms with Crippen molar-refractivity contribution in [3.63, 3.8) is 0 Å². The molecule has 2 N–H and O–H groups in total. The van der Waals surface area contributed by atoms with Gasteiger partial charge in [0.2, 0.25) is 0 Å². The Labute approximate surface area is 148 Å². The van der Waals surface area contributed by atoms with Gasteiger partial charge in [-0.2, -0.15) is 0 Å². The highest BCUT2D eigenvalue weighted by Crippen LogP contribution is 2.29. The van der Waals surface area contributed by atoms with Crippen molar-refractivity contribution >= 4 is 38.2 Å². The van der Waals surface area contributed by atoms with Crippen LogP contribution in [0.25, 0.3) is 21.0 Å². The summed E-state index contributed by atoms with van der Waals surface area (Å²) in [5.41, 5.74) is 0.778. The molecule has 1 amide bonds. The quantitative estimate of drug-likeness (QED) is 0.582. The third-order valence-corrected chi connectivity index (χ3v) is 5.50. The molecule has 0 saturated heterocycles. The fraction of sp³-hybridized carbons (Fsp3) is 0.100. The van der Waals surface area contributed by atoms with Gasteiger partial charge in [0.25, 0.3) is 5.91 Å².